The van der Waals surface area contributed by atoms with Gasteiger partial charge in [0, 0.05) is 19.2 Å². The van der Waals surface area contributed by atoms with E-state index in [4.69, 9.17) is 9.15 Å². The Morgan fingerprint density at radius 1 is 1.15 bits per heavy atom. The Labute approximate surface area is 152 Å². The lowest BCUT2D eigenvalue weighted by molar-refractivity contribution is 0.0661. The molecular formula is C20H15F2NO4. The maximum absolute atomic E-state index is 14.5. The normalized spacial score (nSPS) is 16.2. The first-order chi connectivity index (χ1) is 13.0. The summed E-state index contributed by atoms with van der Waals surface area (Å²) in [7, 11) is 1.48. The Kier molecular flexibility index (Phi) is 4.24. The highest BCUT2D eigenvalue weighted by Crippen LogP contribution is 2.38. The zero-order chi connectivity index (χ0) is 19.1. The molecule has 138 valence electrons. The third kappa shape index (κ3) is 2.71. The van der Waals surface area contributed by atoms with Crippen molar-refractivity contribution in [3.63, 3.8) is 0 Å². The van der Waals surface area contributed by atoms with Crippen molar-refractivity contribution >= 4 is 16.9 Å². The molecule has 0 saturated carbocycles. The Balaban J connectivity index is 2.00. The van der Waals surface area contributed by atoms with Crippen molar-refractivity contribution in [2.75, 3.05) is 20.3 Å². The summed E-state index contributed by atoms with van der Waals surface area (Å²) in [4.78, 5) is 27.3. The second-order valence-corrected chi connectivity index (χ2v) is 6.23. The maximum atomic E-state index is 14.5. The Morgan fingerprint density at radius 2 is 1.93 bits per heavy atom. The van der Waals surface area contributed by atoms with E-state index in [2.05, 4.69) is 0 Å². The number of benzene rings is 2. The predicted octanol–water partition coefficient (Wildman–Crippen LogP) is 3.26. The minimum Gasteiger partial charge on any atom is -0.450 e. The van der Waals surface area contributed by atoms with Crippen LogP contribution in [0.1, 0.15) is 27.7 Å². The van der Waals surface area contributed by atoms with Crippen LogP contribution in [0.2, 0.25) is 0 Å². The van der Waals surface area contributed by atoms with Gasteiger partial charge in [-0.15, -0.1) is 0 Å². The second-order valence-electron chi connectivity index (χ2n) is 6.23. The van der Waals surface area contributed by atoms with E-state index >= 15 is 0 Å². The van der Waals surface area contributed by atoms with Gasteiger partial charge in [-0.3, -0.25) is 9.59 Å². The molecule has 0 radical (unpaired) electrons. The quantitative estimate of drug-likeness (QED) is 0.706. The highest BCUT2D eigenvalue weighted by Gasteiger charge is 2.43. The lowest BCUT2D eigenvalue weighted by atomic mass is 9.98. The van der Waals surface area contributed by atoms with E-state index in [0.717, 1.165) is 12.1 Å². The number of hydrogen-bond acceptors (Lipinski definition) is 4. The van der Waals surface area contributed by atoms with E-state index in [0.29, 0.717) is 0 Å². The van der Waals surface area contributed by atoms with Gasteiger partial charge in [0.2, 0.25) is 5.76 Å². The fourth-order valence-corrected chi connectivity index (χ4v) is 3.43. The first-order valence-corrected chi connectivity index (χ1v) is 8.33. The number of amides is 1. The molecule has 0 saturated heterocycles. The van der Waals surface area contributed by atoms with Crippen LogP contribution in [-0.4, -0.2) is 31.1 Å². The van der Waals surface area contributed by atoms with Crippen LogP contribution in [-0.2, 0) is 4.74 Å². The molecule has 0 bridgehead atoms. The van der Waals surface area contributed by atoms with Crippen LogP contribution in [0.15, 0.2) is 51.7 Å². The summed E-state index contributed by atoms with van der Waals surface area (Å²) < 4.78 is 38.8. The molecule has 1 aliphatic rings. The Morgan fingerprint density at radius 3 is 2.67 bits per heavy atom. The van der Waals surface area contributed by atoms with E-state index in [9.17, 15) is 18.4 Å². The zero-order valence-corrected chi connectivity index (χ0v) is 14.4. The number of hydrogen-bond donors (Lipinski definition) is 0. The molecule has 27 heavy (non-hydrogen) atoms. The van der Waals surface area contributed by atoms with Gasteiger partial charge in [-0.25, -0.2) is 8.78 Å². The molecule has 1 amide bonds. The SMILES string of the molecule is COCCN1C(=O)c2oc3ccc(F)cc3c(=O)c2C1c1ccccc1F. The van der Waals surface area contributed by atoms with Gasteiger partial charge in [0.05, 0.1) is 23.6 Å². The lowest BCUT2D eigenvalue weighted by Crippen LogP contribution is -2.33. The maximum Gasteiger partial charge on any atom is 0.290 e. The van der Waals surface area contributed by atoms with Gasteiger partial charge < -0.3 is 14.1 Å². The summed E-state index contributed by atoms with van der Waals surface area (Å²) in [5, 5.41) is 0.0106. The predicted molar refractivity (Wildman–Crippen MR) is 93.6 cm³/mol. The monoisotopic (exact) mass is 371 g/mol. The van der Waals surface area contributed by atoms with Crippen molar-refractivity contribution in [3.8, 4) is 0 Å². The van der Waals surface area contributed by atoms with Gasteiger partial charge in [0.15, 0.2) is 5.43 Å². The topological polar surface area (TPSA) is 59.8 Å². The number of halogens is 2. The van der Waals surface area contributed by atoms with Crippen LogP contribution in [0.4, 0.5) is 8.78 Å². The van der Waals surface area contributed by atoms with E-state index in [1.54, 1.807) is 6.07 Å². The Bertz CT molecular complexity index is 1110. The third-order valence-electron chi connectivity index (χ3n) is 4.66. The summed E-state index contributed by atoms with van der Waals surface area (Å²) in [5.74, 6) is -1.83. The molecule has 1 unspecified atom stereocenters. The van der Waals surface area contributed by atoms with Crippen LogP contribution in [0.3, 0.4) is 0 Å². The number of fused-ring (bicyclic) bond motifs is 2. The molecule has 7 heteroatoms. The summed E-state index contributed by atoms with van der Waals surface area (Å²) >= 11 is 0. The van der Waals surface area contributed by atoms with Crippen LogP contribution < -0.4 is 5.43 Å². The van der Waals surface area contributed by atoms with Gasteiger partial charge >= 0.3 is 0 Å². The summed E-state index contributed by atoms with van der Waals surface area (Å²) in [5.41, 5.74) is -0.260. The van der Waals surface area contributed by atoms with Crippen molar-refractivity contribution in [2.24, 2.45) is 0 Å². The van der Waals surface area contributed by atoms with Gasteiger partial charge in [-0.2, -0.15) is 0 Å². The molecule has 0 spiro atoms. The molecule has 0 aliphatic carbocycles. The van der Waals surface area contributed by atoms with Crippen molar-refractivity contribution in [1.82, 2.24) is 4.90 Å². The van der Waals surface area contributed by atoms with Crippen molar-refractivity contribution in [1.29, 1.82) is 0 Å². The number of carbonyl (C=O) groups is 1. The number of rotatable bonds is 4. The van der Waals surface area contributed by atoms with Gasteiger partial charge in [-0.1, -0.05) is 18.2 Å². The number of carbonyl (C=O) groups excluding carboxylic acids is 1. The molecule has 1 aromatic heterocycles. The molecule has 2 aromatic carbocycles. The highest BCUT2D eigenvalue weighted by molar-refractivity contribution is 5.99. The summed E-state index contributed by atoms with van der Waals surface area (Å²) in [6, 6.07) is 8.46. The van der Waals surface area contributed by atoms with E-state index in [1.165, 1.54) is 36.3 Å². The average molecular weight is 371 g/mol. The van der Waals surface area contributed by atoms with Crippen molar-refractivity contribution in [3.05, 3.63) is 81.2 Å². The minimum atomic E-state index is -0.965. The fourth-order valence-electron chi connectivity index (χ4n) is 3.43. The van der Waals surface area contributed by atoms with E-state index in [-0.39, 0.29) is 41.0 Å². The molecule has 0 N–H and O–H groups in total. The molecule has 4 rings (SSSR count). The summed E-state index contributed by atoms with van der Waals surface area (Å²) in [6.07, 6.45) is 0. The van der Waals surface area contributed by atoms with E-state index < -0.39 is 29.0 Å². The van der Waals surface area contributed by atoms with Crippen molar-refractivity contribution < 1.29 is 22.7 Å². The summed E-state index contributed by atoms with van der Waals surface area (Å²) in [6.45, 7) is 0.343. The smallest absolute Gasteiger partial charge is 0.290 e. The van der Waals surface area contributed by atoms with Crippen LogP contribution in [0, 0.1) is 11.6 Å². The molecule has 2 heterocycles. The molecule has 5 nitrogen and oxygen atoms in total. The molecule has 1 atom stereocenters. The van der Waals surface area contributed by atoms with Gasteiger partial charge in [0.1, 0.15) is 17.2 Å². The first kappa shape index (κ1) is 17.4. The molecule has 1 aliphatic heterocycles. The van der Waals surface area contributed by atoms with Gasteiger partial charge in [-0.05, 0) is 24.3 Å². The standard InChI is InChI=1S/C20H15F2NO4/c1-26-9-8-23-17(12-4-2-3-5-14(12)22)16-18(24)13-10-11(21)6-7-15(13)27-19(16)20(23)25/h2-7,10,17H,8-9H2,1H3. The number of methoxy groups -OCH3 is 1. The number of nitrogens with zero attached hydrogens (tertiary/aromatic N) is 1. The largest absolute Gasteiger partial charge is 0.450 e. The Hall–Kier alpha value is -3.06. The van der Waals surface area contributed by atoms with Gasteiger partial charge in [0.25, 0.3) is 5.91 Å². The highest BCUT2D eigenvalue weighted by atomic mass is 19.1. The molecular weight excluding hydrogens is 356 g/mol. The number of ether oxygens (including phenoxy) is 1. The first-order valence-electron chi connectivity index (χ1n) is 8.33. The minimum absolute atomic E-state index is 0.0106. The molecule has 3 aromatic rings. The van der Waals surface area contributed by atoms with E-state index in [1.807, 2.05) is 0 Å². The second kappa shape index (κ2) is 6.59. The van der Waals surface area contributed by atoms with Crippen LogP contribution in [0.25, 0.3) is 11.0 Å². The average Bonchev–Trinajstić information content (AvgIpc) is 2.93. The third-order valence-corrected chi connectivity index (χ3v) is 4.66. The van der Waals surface area contributed by atoms with Crippen LogP contribution >= 0.6 is 0 Å². The van der Waals surface area contributed by atoms with Crippen molar-refractivity contribution in [2.45, 2.75) is 6.04 Å². The molecule has 0 fully saturated rings. The zero-order valence-electron chi connectivity index (χ0n) is 14.4. The fraction of sp³-hybridized carbons (Fsp3) is 0.200. The lowest BCUT2D eigenvalue weighted by Gasteiger charge is -2.25. The van der Waals surface area contributed by atoms with Crippen LogP contribution in [0.5, 0.6) is 0 Å².